The molecule has 152 valence electrons. The van der Waals surface area contributed by atoms with Gasteiger partial charge in [0.25, 0.3) is 5.91 Å². The van der Waals surface area contributed by atoms with Crippen molar-refractivity contribution in [2.45, 2.75) is 0 Å². The number of fused-ring (bicyclic) bond motifs is 2. The van der Waals surface area contributed by atoms with Crippen LogP contribution in [0.5, 0.6) is 5.75 Å². The van der Waals surface area contributed by atoms with Crippen molar-refractivity contribution in [2.24, 2.45) is 5.10 Å². The number of nitrogens with one attached hydrogen (secondary N) is 2. The molecule has 0 radical (unpaired) electrons. The summed E-state index contributed by atoms with van der Waals surface area (Å²) >= 11 is 0. The molecule has 0 saturated carbocycles. The maximum atomic E-state index is 12.6. The van der Waals surface area contributed by atoms with Crippen LogP contribution >= 0.6 is 0 Å². The SMILES string of the molecule is COc1cccc(C(=O)NN=c2oc3ccccc3cc2-c2nc3ccccc3[nH]2)c1. The standard InChI is InChI=1S/C24H18N4O3/c1-30-17-9-6-8-16(13-17)23(29)27-28-24-18(14-15-7-2-5-12-21(15)31-24)22-25-19-10-3-4-11-20(19)26-22/h2-14H,1H3,(H,25,26)(H,27,29). The number of carbonyl (C=O) groups is 1. The van der Waals surface area contributed by atoms with E-state index in [4.69, 9.17) is 9.15 Å². The number of amides is 1. The average molecular weight is 410 g/mol. The highest BCUT2D eigenvalue weighted by atomic mass is 16.5. The van der Waals surface area contributed by atoms with E-state index in [1.807, 2.05) is 54.6 Å². The minimum Gasteiger partial charge on any atom is -0.497 e. The van der Waals surface area contributed by atoms with Crippen molar-refractivity contribution in [3.05, 3.63) is 90.0 Å². The van der Waals surface area contributed by atoms with Gasteiger partial charge in [0.05, 0.1) is 23.7 Å². The van der Waals surface area contributed by atoms with Gasteiger partial charge >= 0.3 is 0 Å². The van der Waals surface area contributed by atoms with Crippen LogP contribution in [0.3, 0.4) is 0 Å². The van der Waals surface area contributed by atoms with Crippen LogP contribution in [0.25, 0.3) is 33.4 Å². The average Bonchev–Trinajstić information content (AvgIpc) is 3.26. The molecule has 5 rings (SSSR count). The van der Waals surface area contributed by atoms with Crippen LogP contribution in [0, 0.1) is 0 Å². The highest BCUT2D eigenvalue weighted by Crippen LogP contribution is 2.21. The second-order valence-electron chi connectivity index (χ2n) is 6.89. The molecular formula is C24H18N4O3. The van der Waals surface area contributed by atoms with E-state index >= 15 is 0 Å². The molecule has 0 aliphatic heterocycles. The summed E-state index contributed by atoms with van der Waals surface area (Å²) in [6, 6.07) is 24.1. The van der Waals surface area contributed by atoms with Crippen molar-refractivity contribution in [3.8, 4) is 17.1 Å². The van der Waals surface area contributed by atoms with Crippen LogP contribution in [0.4, 0.5) is 0 Å². The Morgan fingerprint density at radius 2 is 1.87 bits per heavy atom. The molecular weight excluding hydrogens is 392 g/mol. The molecule has 5 aromatic rings. The predicted molar refractivity (Wildman–Crippen MR) is 117 cm³/mol. The first-order valence-corrected chi connectivity index (χ1v) is 9.67. The summed E-state index contributed by atoms with van der Waals surface area (Å²) in [5, 5.41) is 5.17. The van der Waals surface area contributed by atoms with Gasteiger partial charge in [-0.05, 0) is 42.5 Å². The van der Waals surface area contributed by atoms with Gasteiger partial charge in [-0.2, -0.15) is 0 Å². The predicted octanol–water partition coefficient (Wildman–Crippen LogP) is 4.23. The van der Waals surface area contributed by atoms with Crippen molar-refractivity contribution in [2.75, 3.05) is 7.11 Å². The molecule has 2 aromatic heterocycles. The molecule has 2 heterocycles. The van der Waals surface area contributed by atoms with E-state index < -0.39 is 0 Å². The van der Waals surface area contributed by atoms with Crippen LogP contribution < -0.4 is 15.7 Å². The van der Waals surface area contributed by atoms with Crippen LogP contribution in [0.2, 0.25) is 0 Å². The van der Waals surface area contributed by atoms with Gasteiger partial charge in [0, 0.05) is 10.9 Å². The molecule has 1 amide bonds. The first kappa shape index (κ1) is 18.6. The third kappa shape index (κ3) is 3.64. The largest absolute Gasteiger partial charge is 0.497 e. The molecule has 0 unspecified atom stereocenters. The first-order valence-electron chi connectivity index (χ1n) is 9.67. The summed E-state index contributed by atoms with van der Waals surface area (Å²) in [5.41, 5.74) is 6.26. The van der Waals surface area contributed by atoms with Gasteiger partial charge in [0.1, 0.15) is 17.2 Å². The number of aromatic amines is 1. The maximum Gasteiger partial charge on any atom is 0.271 e. The van der Waals surface area contributed by atoms with Gasteiger partial charge < -0.3 is 14.1 Å². The number of nitrogens with zero attached hydrogens (tertiary/aromatic N) is 2. The van der Waals surface area contributed by atoms with Gasteiger partial charge in [-0.3, -0.25) is 4.79 Å². The third-order valence-electron chi connectivity index (χ3n) is 4.89. The summed E-state index contributed by atoms with van der Waals surface area (Å²) in [6.45, 7) is 0. The maximum absolute atomic E-state index is 12.6. The van der Waals surface area contributed by atoms with E-state index in [0.29, 0.717) is 28.3 Å². The lowest BCUT2D eigenvalue weighted by Crippen LogP contribution is -2.22. The number of imidazole rings is 1. The lowest BCUT2D eigenvalue weighted by atomic mass is 10.2. The Labute approximate surface area is 177 Å². The summed E-state index contributed by atoms with van der Waals surface area (Å²) in [4.78, 5) is 20.6. The minimum atomic E-state index is -0.377. The molecule has 3 aromatic carbocycles. The zero-order chi connectivity index (χ0) is 21.2. The van der Waals surface area contributed by atoms with E-state index in [1.54, 1.807) is 31.4 Å². The van der Waals surface area contributed by atoms with Crippen molar-refractivity contribution in [1.82, 2.24) is 15.4 Å². The van der Waals surface area contributed by atoms with Crippen LogP contribution in [-0.2, 0) is 0 Å². The van der Waals surface area contributed by atoms with E-state index in [2.05, 4.69) is 20.5 Å². The van der Waals surface area contributed by atoms with Crippen molar-refractivity contribution >= 4 is 27.9 Å². The monoisotopic (exact) mass is 410 g/mol. The van der Waals surface area contributed by atoms with Crippen LogP contribution in [-0.4, -0.2) is 23.0 Å². The number of carbonyl (C=O) groups excluding carboxylic acids is 1. The number of hydrogen-bond acceptors (Lipinski definition) is 5. The summed E-state index contributed by atoms with van der Waals surface area (Å²) in [7, 11) is 1.55. The first-order chi connectivity index (χ1) is 15.2. The smallest absolute Gasteiger partial charge is 0.271 e. The molecule has 0 spiro atoms. The normalized spacial score (nSPS) is 11.7. The van der Waals surface area contributed by atoms with Crippen molar-refractivity contribution in [3.63, 3.8) is 0 Å². The van der Waals surface area contributed by atoms with Gasteiger partial charge in [-0.25, -0.2) is 10.4 Å². The number of hydrogen-bond donors (Lipinski definition) is 2. The lowest BCUT2D eigenvalue weighted by molar-refractivity contribution is 0.0951. The number of methoxy groups -OCH3 is 1. The van der Waals surface area contributed by atoms with E-state index in [0.717, 1.165) is 16.4 Å². The van der Waals surface area contributed by atoms with Crippen LogP contribution in [0.15, 0.2) is 88.4 Å². The second-order valence-corrected chi connectivity index (χ2v) is 6.89. The number of rotatable bonds is 4. The van der Waals surface area contributed by atoms with Crippen molar-refractivity contribution in [1.29, 1.82) is 0 Å². The molecule has 2 N–H and O–H groups in total. The molecule has 0 aliphatic carbocycles. The van der Waals surface area contributed by atoms with Gasteiger partial charge in [-0.1, -0.05) is 36.4 Å². The fourth-order valence-corrected chi connectivity index (χ4v) is 3.33. The van der Waals surface area contributed by atoms with E-state index in [-0.39, 0.29) is 11.5 Å². The summed E-state index contributed by atoms with van der Waals surface area (Å²) < 4.78 is 11.2. The van der Waals surface area contributed by atoms with Gasteiger partial charge in [0.2, 0.25) is 5.55 Å². The van der Waals surface area contributed by atoms with Gasteiger partial charge in [0.15, 0.2) is 0 Å². The second kappa shape index (κ2) is 7.79. The minimum absolute atomic E-state index is 0.244. The summed E-state index contributed by atoms with van der Waals surface area (Å²) in [6.07, 6.45) is 0. The van der Waals surface area contributed by atoms with Gasteiger partial charge in [-0.15, -0.1) is 5.10 Å². The zero-order valence-electron chi connectivity index (χ0n) is 16.6. The molecule has 0 bridgehead atoms. The topological polar surface area (TPSA) is 92.5 Å². The Balaban J connectivity index is 1.61. The van der Waals surface area contributed by atoms with E-state index in [9.17, 15) is 4.79 Å². The summed E-state index contributed by atoms with van der Waals surface area (Å²) in [5.74, 6) is 0.814. The third-order valence-corrected chi connectivity index (χ3v) is 4.89. The Kier molecular flexibility index (Phi) is 4.68. The Bertz CT molecular complexity index is 1450. The molecule has 7 nitrogen and oxygen atoms in total. The highest BCUT2D eigenvalue weighted by Gasteiger charge is 2.12. The molecule has 0 fully saturated rings. The Morgan fingerprint density at radius 1 is 1.03 bits per heavy atom. The molecule has 31 heavy (non-hydrogen) atoms. The number of ether oxygens (including phenoxy) is 1. The number of H-pyrrole nitrogens is 1. The zero-order valence-corrected chi connectivity index (χ0v) is 16.6. The highest BCUT2D eigenvalue weighted by molar-refractivity contribution is 5.94. The molecule has 0 atom stereocenters. The van der Waals surface area contributed by atoms with Crippen molar-refractivity contribution < 1.29 is 13.9 Å². The Hall–Kier alpha value is -4.39. The molecule has 0 aliphatic rings. The molecule has 7 heteroatoms. The molecule has 0 saturated heterocycles. The van der Waals surface area contributed by atoms with Crippen LogP contribution in [0.1, 0.15) is 10.4 Å². The number of para-hydroxylation sites is 3. The fraction of sp³-hybridized carbons (Fsp3) is 0.0417. The number of benzene rings is 3. The van der Waals surface area contributed by atoms with E-state index in [1.165, 1.54) is 0 Å². The lowest BCUT2D eigenvalue weighted by Gasteiger charge is -2.04. The number of aromatic nitrogens is 2. The Morgan fingerprint density at radius 3 is 2.74 bits per heavy atom. The quantitative estimate of drug-likeness (QED) is 0.434. The fourth-order valence-electron chi connectivity index (χ4n) is 3.33.